The average Bonchev–Trinajstić information content (AvgIpc) is 3.13. The van der Waals surface area contributed by atoms with E-state index in [9.17, 15) is 19.5 Å². The fourth-order valence-electron chi connectivity index (χ4n) is 4.11. The largest absolute Gasteiger partial charge is 0.480 e. The Kier molecular flexibility index (Phi) is 8.95. The lowest BCUT2D eigenvalue weighted by Gasteiger charge is -2.24. The molecular weight excluding hydrogens is 454 g/mol. The van der Waals surface area contributed by atoms with E-state index in [1.807, 2.05) is 42.7 Å². The third kappa shape index (κ3) is 6.30. The number of carboxylic acids is 1. The Balaban J connectivity index is 1.65. The summed E-state index contributed by atoms with van der Waals surface area (Å²) in [5.41, 5.74) is 4.44. The number of ether oxygens (including phenoxy) is 1. The van der Waals surface area contributed by atoms with Crippen LogP contribution in [0, 0.1) is 0 Å². The molecule has 0 spiro atoms. The summed E-state index contributed by atoms with van der Waals surface area (Å²) in [4.78, 5) is 38.7. The molecule has 182 valence electrons. The zero-order valence-electron chi connectivity index (χ0n) is 19.6. The third-order valence-corrected chi connectivity index (χ3v) is 6.37. The highest BCUT2D eigenvalue weighted by Crippen LogP contribution is 2.44. The summed E-state index contributed by atoms with van der Waals surface area (Å²) < 4.78 is 5.55. The minimum absolute atomic E-state index is 0.0952. The molecule has 0 heterocycles. The maximum Gasteiger partial charge on any atom is 0.407 e. The maximum absolute atomic E-state index is 12.8. The van der Waals surface area contributed by atoms with Crippen molar-refractivity contribution in [2.75, 3.05) is 39.3 Å². The Bertz CT molecular complexity index is 984. The van der Waals surface area contributed by atoms with Crippen molar-refractivity contribution in [3.63, 3.8) is 0 Å². The van der Waals surface area contributed by atoms with Crippen LogP contribution in [0.15, 0.2) is 48.5 Å². The predicted molar refractivity (Wildman–Crippen MR) is 133 cm³/mol. The molecule has 2 aromatic rings. The lowest BCUT2D eigenvalue weighted by molar-refractivity contribution is -0.142. The maximum atomic E-state index is 12.8. The van der Waals surface area contributed by atoms with Gasteiger partial charge in [0.1, 0.15) is 18.7 Å². The van der Waals surface area contributed by atoms with Gasteiger partial charge in [-0.1, -0.05) is 48.5 Å². The summed E-state index contributed by atoms with van der Waals surface area (Å²) in [6.45, 7) is 0.326. The molecule has 9 heteroatoms. The second-order valence-electron chi connectivity index (χ2n) is 8.47. The van der Waals surface area contributed by atoms with Gasteiger partial charge >= 0.3 is 12.1 Å². The molecule has 3 N–H and O–H groups in total. The molecule has 0 radical (unpaired) electrons. The monoisotopic (exact) mass is 485 g/mol. The van der Waals surface area contributed by atoms with Gasteiger partial charge in [-0.2, -0.15) is 11.8 Å². The highest BCUT2D eigenvalue weighted by molar-refractivity contribution is 7.98. The number of thioether (sulfide) groups is 1. The van der Waals surface area contributed by atoms with Crippen LogP contribution >= 0.6 is 11.8 Å². The van der Waals surface area contributed by atoms with Crippen LogP contribution in [0.5, 0.6) is 0 Å². The van der Waals surface area contributed by atoms with Crippen LogP contribution in [-0.4, -0.2) is 79.3 Å². The number of alkyl carbamates (subject to hydrolysis) is 1. The molecule has 1 aliphatic rings. The lowest BCUT2D eigenvalue weighted by Crippen LogP contribution is -2.55. The summed E-state index contributed by atoms with van der Waals surface area (Å²) in [7, 11) is 3.53. The van der Waals surface area contributed by atoms with E-state index in [0.29, 0.717) is 12.2 Å². The van der Waals surface area contributed by atoms with Crippen molar-refractivity contribution in [3.8, 4) is 11.1 Å². The van der Waals surface area contributed by atoms with Crippen molar-refractivity contribution in [2.45, 2.75) is 24.4 Å². The van der Waals surface area contributed by atoms with E-state index in [1.54, 1.807) is 19.0 Å². The van der Waals surface area contributed by atoms with Gasteiger partial charge in [-0.3, -0.25) is 4.79 Å². The first kappa shape index (κ1) is 25.6. The summed E-state index contributed by atoms with van der Waals surface area (Å²) in [5, 5.41) is 14.6. The molecule has 2 atom stereocenters. The van der Waals surface area contributed by atoms with Crippen LogP contribution in [0.2, 0.25) is 0 Å². The first-order chi connectivity index (χ1) is 16.3. The first-order valence-corrected chi connectivity index (χ1v) is 12.5. The normalized spacial score (nSPS) is 14.1. The Morgan fingerprint density at radius 1 is 1.00 bits per heavy atom. The smallest absolute Gasteiger partial charge is 0.407 e. The minimum Gasteiger partial charge on any atom is -0.480 e. The van der Waals surface area contributed by atoms with Crippen LogP contribution in [-0.2, 0) is 14.3 Å². The van der Waals surface area contributed by atoms with E-state index in [-0.39, 0.29) is 19.1 Å². The third-order valence-electron chi connectivity index (χ3n) is 5.73. The van der Waals surface area contributed by atoms with Gasteiger partial charge in [0.25, 0.3) is 0 Å². The van der Waals surface area contributed by atoms with Crippen molar-refractivity contribution >= 4 is 29.7 Å². The van der Waals surface area contributed by atoms with Crippen LogP contribution in [0.1, 0.15) is 23.5 Å². The number of nitrogens with zero attached hydrogens (tertiary/aromatic N) is 1. The van der Waals surface area contributed by atoms with Gasteiger partial charge in [0.15, 0.2) is 0 Å². The van der Waals surface area contributed by atoms with Crippen molar-refractivity contribution in [2.24, 2.45) is 0 Å². The van der Waals surface area contributed by atoms with Crippen LogP contribution < -0.4 is 10.6 Å². The number of benzene rings is 2. The molecule has 0 unspecified atom stereocenters. The van der Waals surface area contributed by atoms with Crippen molar-refractivity contribution < 1.29 is 24.2 Å². The fraction of sp³-hybridized carbons (Fsp3) is 0.400. The quantitative estimate of drug-likeness (QED) is 0.449. The minimum atomic E-state index is -1.10. The van der Waals surface area contributed by atoms with Crippen LogP contribution in [0.25, 0.3) is 11.1 Å². The van der Waals surface area contributed by atoms with E-state index in [0.717, 1.165) is 22.3 Å². The van der Waals surface area contributed by atoms with Gasteiger partial charge in [0, 0.05) is 12.5 Å². The number of likely N-dealkylation sites (N-methyl/N-ethyl adjacent to an activating group) is 1. The number of rotatable bonds is 11. The molecule has 0 fully saturated rings. The Morgan fingerprint density at radius 3 is 2.12 bits per heavy atom. The molecule has 2 amide bonds. The first-order valence-electron chi connectivity index (χ1n) is 11.1. The number of carboxylic acid groups (broad SMARTS) is 1. The Morgan fingerprint density at radius 2 is 1.59 bits per heavy atom. The highest BCUT2D eigenvalue weighted by atomic mass is 32.2. The molecule has 0 saturated carbocycles. The lowest BCUT2D eigenvalue weighted by atomic mass is 9.98. The predicted octanol–water partition coefficient (Wildman–Crippen LogP) is 2.78. The van der Waals surface area contributed by atoms with Gasteiger partial charge in [0.05, 0.1) is 0 Å². The summed E-state index contributed by atoms with van der Waals surface area (Å²) in [6, 6.07) is 14.1. The second-order valence-corrected chi connectivity index (χ2v) is 9.45. The molecule has 0 aromatic heterocycles. The van der Waals surface area contributed by atoms with E-state index in [1.165, 1.54) is 11.8 Å². The van der Waals surface area contributed by atoms with Crippen LogP contribution in [0.3, 0.4) is 0 Å². The number of carbonyl (C=O) groups is 3. The average molecular weight is 486 g/mol. The van der Waals surface area contributed by atoms with Crippen LogP contribution in [0.4, 0.5) is 4.79 Å². The standard InChI is InChI=1S/C25H31N3O5S/c1-28(2)14-22(23(29)26-21(24(30)31)12-13-34-3)27-25(32)33-15-20-18-10-6-4-8-16(18)17-9-5-7-11-19(17)20/h4-11,20-22H,12-15H2,1-3H3,(H,26,29)(H,27,32)(H,30,31)/t21-,22-/m0/s1. The number of carbonyl (C=O) groups excluding carboxylic acids is 2. The summed E-state index contributed by atoms with van der Waals surface area (Å²) >= 11 is 1.50. The molecule has 1 aliphatic carbocycles. The van der Waals surface area contributed by atoms with Gasteiger partial charge in [-0.05, 0) is 54.8 Å². The zero-order chi connectivity index (χ0) is 24.7. The van der Waals surface area contributed by atoms with Gasteiger partial charge in [-0.15, -0.1) is 0 Å². The van der Waals surface area contributed by atoms with E-state index < -0.39 is 30.1 Å². The zero-order valence-corrected chi connectivity index (χ0v) is 20.4. The van der Waals surface area contributed by atoms with Gasteiger partial charge < -0.3 is 25.4 Å². The number of hydrogen-bond donors (Lipinski definition) is 3. The molecule has 0 aliphatic heterocycles. The number of nitrogens with one attached hydrogen (secondary N) is 2. The molecular formula is C25H31N3O5S. The molecule has 34 heavy (non-hydrogen) atoms. The number of fused-ring (bicyclic) bond motifs is 3. The van der Waals surface area contributed by atoms with Gasteiger partial charge in [-0.25, -0.2) is 9.59 Å². The molecule has 3 rings (SSSR count). The van der Waals surface area contributed by atoms with Crippen molar-refractivity contribution in [1.82, 2.24) is 15.5 Å². The molecule has 8 nitrogen and oxygen atoms in total. The van der Waals surface area contributed by atoms with E-state index >= 15 is 0 Å². The fourth-order valence-corrected chi connectivity index (χ4v) is 4.58. The summed E-state index contributed by atoms with van der Waals surface area (Å²) in [6.07, 6.45) is 1.44. The topological polar surface area (TPSA) is 108 Å². The highest BCUT2D eigenvalue weighted by Gasteiger charge is 2.30. The van der Waals surface area contributed by atoms with Crippen molar-refractivity contribution in [3.05, 3.63) is 59.7 Å². The van der Waals surface area contributed by atoms with Crippen molar-refractivity contribution in [1.29, 1.82) is 0 Å². The Hall–Kier alpha value is -3.04. The molecule has 0 bridgehead atoms. The molecule has 2 aromatic carbocycles. The molecule has 0 saturated heterocycles. The number of amides is 2. The summed E-state index contributed by atoms with van der Waals surface area (Å²) in [5.74, 6) is -1.17. The van der Waals surface area contributed by atoms with Gasteiger partial charge in [0.2, 0.25) is 5.91 Å². The number of aliphatic carboxylic acids is 1. The van der Waals surface area contributed by atoms with E-state index in [2.05, 4.69) is 22.8 Å². The second kappa shape index (κ2) is 11.9. The number of hydrogen-bond acceptors (Lipinski definition) is 6. The van der Waals surface area contributed by atoms with E-state index in [4.69, 9.17) is 4.74 Å². The SMILES string of the molecule is CSCC[C@H](NC(=O)[C@H](CN(C)C)NC(=O)OCC1c2ccccc2-c2ccccc21)C(=O)O. The Labute approximate surface area is 204 Å².